The van der Waals surface area contributed by atoms with Gasteiger partial charge in [-0.15, -0.1) is 0 Å². The highest BCUT2D eigenvalue weighted by Gasteiger charge is 2.22. The lowest BCUT2D eigenvalue weighted by Gasteiger charge is -2.26. The van der Waals surface area contributed by atoms with Crippen molar-refractivity contribution in [2.75, 3.05) is 0 Å². The van der Waals surface area contributed by atoms with Gasteiger partial charge in [-0.2, -0.15) is 0 Å². The fourth-order valence-electron chi connectivity index (χ4n) is 3.34. The normalized spacial score (nSPS) is 22.3. The molecule has 2 aromatic rings. The van der Waals surface area contributed by atoms with Crippen molar-refractivity contribution in [2.24, 2.45) is 11.7 Å². The number of hydrogen-bond donors (Lipinski definition) is 2. The van der Waals surface area contributed by atoms with Gasteiger partial charge in [0.15, 0.2) is 5.43 Å². The van der Waals surface area contributed by atoms with Crippen molar-refractivity contribution in [2.45, 2.75) is 38.5 Å². The summed E-state index contributed by atoms with van der Waals surface area (Å²) in [4.78, 5) is 31.0. The van der Waals surface area contributed by atoms with E-state index in [0.717, 1.165) is 18.5 Å². The van der Waals surface area contributed by atoms with Crippen molar-refractivity contribution in [1.82, 2.24) is 9.97 Å². The summed E-state index contributed by atoms with van der Waals surface area (Å²) in [6, 6.07) is 3.33. The summed E-state index contributed by atoms with van der Waals surface area (Å²) in [5, 5.41) is 0.289. The molecule has 3 N–H and O–H groups in total. The van der Waals surface area contributed by atoms with Crippen molar-refractivity contribution >= 4 is 16.8 Å². The first kappa shape index (κ1) is 13.8. The van der Waals surface area contributed by atoms with Crippen LogP contribution in [-0.2, 0) is 0 Å². The quantitative estimate of drug-likeness (QED) is 0.887. The third-order valence-corrected chi connectivity index (χ3v) is 4.37. The summed E-state index contributed by atoms with van der Waals surface area (Å²) in [7, 11) is 0. The summed E-state index contributed by atoms with van der Waals surface area (Å²) in [6.07, 6.45) is 6.14. The molecule has 0 aromatic carbocycles. The van der Waals surface area contributed by atoms with Gasteiger partial charge in [-0.05, 0) is 30.7 Å². The number of amides is 1. The van der Waals surface area contributed by atoms with E-state index in [4.69, 9.17) is 5.73 Å². The number of carbonyl (C=O) groups is 1. The van der Waals surface area contributed by atoms with Gasteiger partial charge in [0.05, 0.1) is 10.9 Å². The van der Waals surface area contributed by atoms with E-state index in [0.29, 0.717) is 17.4 Å². The molecule has 1 saturated carbocycles. The molecule has 1 aliphatic carbocycles. The molecule has 21 heavy (non-hydrogen) atoms. The number of rotatable bonds is 2. The highest BCUT2D eigenvalue weighted by molar-refractivity contribution is 6.03. The molecule has 0 aliphatic heterocycles. The van der Waals surface area contributed by atoms with E-state index in [9.17, 15) is 9.59 Å². The van der Waals surface area contributed by atoms with Gasteiger partial charge in [0.2, 0.25) is 0 Å². The van der Waals surface area contributed by atoms with Crippen LogP contribution in [0.3, 0.4) is 0 Å². The van der Waals surface area contributed by atoms with Gasteiger partial charge in [0.1, 0.15) is 5.69 Å². The Kier molecular flexibility index (Phi) is 3.49. The number of hydrogen-bond acceptors (Lipinski definition) is 3. The van der Waals surface area contributed by atoms with Gasteiger partial charge in [-0.1, -0.05) is 19.8 Å². The van der Waals surface area contributed by atoms with E-state index in [1.54, 1.807) is 12.1 Å². The predicted octanol–water partition coefficient (Wildman–Crippen LogP) is 2.32. The van der Waals surface area contributed by atoms with E-state index >= 15 is 0 Å². The molecule has 2 aromatic heterocycles. The molecule has 2 atom stereocenters. The van der Waals surface area contributed by atoms with Crippen LogP contribution in [0.2, 0.25) is 0 Å². The number of primary amides is 1. The van der Waals surface area contributed by atoms with Gasteiger partial charge < -0.3 is 10.7 Å². The molecule has 1 fully saturated rings. The molecule has 2 unspecified atom stereocenters. The lowest BCUT2D eigenvalue weighted by molar-refractivity contribution is 0.0997. The number of nitrogens with zero attached hydrogens (tertiary/aromatic N) is 1. The Morgan fingerprint density at radius 2 is 2.24 bits per heavy atom. The SMILES string of the molecule is CC1CCCC(c2cc(=O)c3c(C(N)=O)nccc3[nH]2)C1. The Morgan fingerprint density at radius 3 is 2.95 bits per heavy atom. The Morgan fingerprint density at radius 1 is 1.43 bits per heavy atom. The zero-order valence-corrected chi connectivity index (χ0v) is 12.1. The van der Waals surface area contributed by atoms with Crippen LogP contribution in [0.5, 0.6) is 0 Å². The fourth-order valence-corrected chi connectivity index (χ4v) is 3.34. The van der Waals surface area contributed by atoms with Crippen LogP contribution in [0.1, 0.15) is 54.7 Å². The minimum Gasteiger partial charge on any atom is -0.364 e. The minimum absolute atomic E-state index is 0.0392. The van der Waals surface area contributed by atoms with Crippen molar-refractivity contribution < 1.29 is 4.79 Å². The average Bonchev–Trinajstić information content (AvgIpc) is 2.46. The van der Waals surface area contributed by atoms with Crippen LogP contribution in [0.15, 0.2) is 23.1 Å². The van der Waals surface area contributed by atoms with Crippen LogP contribution in [0, 0.1) is 5.92 Å². The lowest BCUT2D eigenvalue weighted by Crippen LogP contribution is -2.20. The van der Waals surface area contributed by atoms with Crippen LogP contribution in [0.25, 0.3) is 10.9 Å². The zero-order chi connectivity index (χ0) is 15.0. The Bertz CT molecular complexity index is 751. The van der Waals surface area contributed by atoms with Gasteiger partial charge in [0.25, 0.3) is 5.91 Å². The van der Waals surface area contributed by atoms with Crippen LogP contribution in [0.4, 0.5) is 0 Å². The molecule has 1 amide bonds. The summed E-state index contributed by atoms with van der Waals surface area (Å²) >= 11 is 0. The number of fused-ring (bicyclic) bond motifs is 1. The summed E-state index contributed by atoms with van der Waals surface area (Å²) in [6.45, 7) is 2.25. The maximum Gasteiger partial charge on any atom is 0.268 e. The maximum absolute atomic E-state index is 12.4. The molecule has 3 rings (SSSR count). The zero-order valence-electron chi connectivity index (χ0n) is 12.1. The number of H-pyrrole nitrogens is 1. The molecular formula is C16H19N3O2. The highest BCUT2D eigenvalue weighted by atomic mass is 16.1. The van der Waals surface area contributed by atoms with E-state index < -0.39 is 5.91 Å². The van der Waals surface area contributed by atoms with E-state index in [-0.39, 0.29) is 16.5 Å². The molecule has 5 heteroatoms. The lowest BCUT2D eigenvalue weighted by atomic mass is 9.80. The largest absolute Gasteiger partial charge is 0.364 e. The number of nitrogens with one attached hydrogen (secondary N) is 1. The van der Waals surface area contributed by atoms with Crippen molar-refractivity contribution in [1.29, 1.82) is 0 Å². The predicted molar refractivity (Wildman–Crippen MR) is 81.3 cm³/mol. The van der Waals surface area contributed by atoms with E-state index in [1.807, 2.05) is 0 Å². The molecule has 2 heterocycles. The summed E-state index contributed by atoms with van der Waals surface area (Å²) < 4.78 is 0. The second-order valence-electron chi connectivity index (χ2n) is 6.00. The fraction of sp³-hybridized carbons (Fsp3) is 0.438. The Balaban J connectivity index is 2.12. The molecule has 1 aliphatic rings. The van der Waals surface area contributed by atoms with E-state index in [1.165, 1.54) is 19.0 Å². The molecule has 0 saturated heterocycles. The molecular weight excluding hydrogens is 266 g/mol. The maximum atomic E-state index is 12.4. The van der Waals surface area contributed by atoms with E-state index in [2.05, 4.69) is 16.9 Å². The topological polar surface area (TPSA) is 88.8 Å². The van der Waals surface area contributed by atoms with Gasteiger partial charge >= 0.3 is 0 Å². The van der Waals surface area contributed by atoms with Crippen LogP contribution in [-0.4, -0.2) is 15.9 Å². The minimum atomic E-state index is -0.676. The Labute approximate surface area is 122 Å². The van der Waals surface area contributed by atoms with Gasteiger partial charge in [-0.25, -0.2) is 0 Å². The monoisotopic (exact) mass is 285 g/mol. The Hall–Kier alpha value is -2.17. The van der Waals surface area contributed by atoms with Crippen LogP contribution >= 0.6 is 0 Å². The molecule has 0 bridgehead atoms. The number of aromatic nitrogens is 2. The van der Waals surface area contributed by atoms with Gasteiger partial charge in [-0.3, -0.25) is 14.6 Å². The first-order valence-electron chi connectivity index (χ1n) is 7.38. The summed E-state index contributed by atoms with van der Waals surface area (Å²) in [5.74, 6) is 0.391. The second kappa shape index (κ2) is 5.31. The molecule has 0 spiro atoms. The first-order chi connectivity index (χ1) is 10.1. The summed E-state index contributed by atoms with van der Waals surface area (Å²) in [5.41, 5.74) is 6.75. The highest BCUT2D eigenvalue weighted by Crippen LogP contribution is 2.35. The smallest absolute Gasteiger partial charge is 0.268 e. The third-order valence-electron chi connectivity index (χ3n) is 4.37. The standard InChI is InChI=1S/C16H19N3O2/c1-9-3-2-4-10(7-9)12-8-13(20)14-11(19-12)5-6-18-15(14)16(17)21/h5-6,8-10H,2-4,7H2,1H3,(H2,17,21)(H,19,20). The number of carbonyl (C=O) groups excluding carboxylic acids is 1. The molecule has 110 valence electrons. The third kappa shape index (κ3) is 2.55. The second-order valence-corrected chi connectivity index (χ2v) is 6.00. The number of aromatic amines is 1. The van der Waals surface area contributed by atoms with Crippen molar-refractivity contribution in [3.8, 4) is 0 Å². The number of nitrogens with two attached hydrogens (primary N) is 1. The molecule has 0 radical (unpaired) electrons. The average molecular weight is 285 g/mol. The van der Waals surface area contributed by atoms with Crippen molar-refractivity contribution in [3.63, 3.8) is 0 Å². The van der Waals surface area contributed by atoms with Gasteiger partial charge in [0, 0.05) is 18.0 Å². The van der Waals surface area contributed by atoms with Crippen LogP contribution < -0.4 is 11.2 Å². The first-order valence-corrected chi connectivity index (χ1v) is 7.38. The van der Waals surface area contributed by atoms with Crippen molar-refractivity contribution in [3.05, 3.63) is 39.9 Å². The molecule has 5 nitrogen and oxygen atoms in total. The number of pyridine rings is 2.